The van der Waals surface area contributed by atoms with Gasteiger partial charge in [-0.05, 0) is 83.8 Å². The zero-order valence-corrected chi connectivity index (χ0v) is 24.2. The number of hydrogen-bond acceptors (Lipinski definition) is 5. The summed E-state index contributed by atoms with van der Waals surface area (Å²) in [7, 11) is 0. The smallest absolute Gasteiger partial charge is 0.253 e. The van der Waals surface area contributed by atoms with Crippen molar-refractivity contribution < 1.29 is 0 Å². The number of hydrogen-bond donors (Lipinski definition) is 1. The quantitative estimate of drug-likeness (QED) is 0.246. The summed E-state index contributed by atoms with van der Waals surface area (Å²) in [4.78, 5) is 19.3. The molecule has 0 radical (unpaired) electrons. The molecule has 3 aromatic carbocycles. The topological polar surface area (TPSA) is 79.7 Å². The van der Waals surface area contributed by atoms with E-state index in [4.69, 9.17) is 0 Å². The van der Waals surface area contributed by atoms with Crippen LogP contribution >= 0.6 is 0 Å². The van der Waals surface area contributed by atoms with E-state index in [9.17, 15) is 4.79 Å². The summed E-state index contributed by atoms with van der Waals surface area (Å²) in [5.74, 6) is 1.10. The lowest BCUT2D eigenvalue weighted by molar-refractivity contribution is 0.184. The molecule has 0 aliphatic heterocycles. The number of tetrazole rings is 1. The monoisotopic (exact) mass is 534 g/mol. The van der Waals surface area contributed by atoms with Gasteiger partial charge in [0.25, 0.3) is 5.56 Å². The number of benzene rings is 3. The van der Waals surface area contributed by atoms with Gasteiger partial charge < -0.3 is 4.98 Å². The van der Waals surface area contributed by atoms with E-state index in [1.165, 1.54) is 5.56 Å². The molecule has 206 valence electrons. The molecule has 7 nitrogen and oxygen atoms in total. The largest absolute Gasteiger partial charge is 0.322 e. The Balaban J connectivity index is 1.70. The first kappa shape index (κ1) is 27.5. The molecule has 0 aliphatic carbocycles. The summed E-state index contributed by atoms with van der Waals surface area (Å²) < 4.78 is 1.84. The van der Waals surface area contributed by atoms with Crippen LogP contribution in [-0.4, -0.2) is 30.1 Å². The predicted octanol–water partition coefficient (Wildman–Crippen LogP) is 6.49. The number of rotatable bonds is 8. The molecule has 0 saturated heterocycles. The van der Waals surface area contributed by atoms with E-state index in [0.717, 1.165) is 27.6 Å². The van der Waals surface area contributed by atoms with Crippen molar-refractivity contribution >= 4 is 10.9 Å². The fourth-order valence-electron chi connectivity index (χ4n) is 5.18. The van der Waals surface area contributed by atoms with E-state index in [-0.39, 0.29) is 11.1 Å². The number of aromatic nitrogens is 5. The molecule has 2 heterocycles. The highest BCUT2D eigenvalue weighted by Crippen LogP contribution is 2.32. The van der Waals surface area contributed by atoms with Crippen molar-refractivity contribution in [2.45, 2.75) is 72.1 Å². The summed E-state index contributed by atoms with van der Waals surface area (Å²) in [6.07, 6.45) is 0. The van der Waals surface area contributed by atoms with Crippen LogP contribution in [0.1, 0.15) is 80.2 Å². The van der Waals surface area contributed by atoms with Gasteiger partial charge in [0.15, 0.2) is 5.82 Å². The Morgan fingerprint density at radius 2 is 1.57 bits per heavy atom. The summed E-state index contributed by atoms with van der Waals surface area (Å²) >= 11 is 0. The second-order valence-corrected chi connectivity index (χ2v) is 12.0. The van der Waals surface area contributed by atoms with Gasteiger partial charge in [0.2, 0.25) is 0 Å². The summed E-state index contributed by atoms with van der Waals surface area (Å²) in [5.41, 5.74) is 5.62. The minimum Gasteiger partial charge on any atom is -0.322 e. The van der Waals surface area contributed by atoms with Gasteiger partial charge in [-0.1, -0.05) is 80.6 Å². The van der Waals surface area contributed by atoms with Crippen molar-refractivity contribution in [3.8, 4) is 0 Å². The maximum absolute atomic E-state index is 13.8. The molecule has 7 heteroatoms. The SMILES string of the molecule is Cc1ccc2cc(C(c3nnnn3C(C)(C)C)N(Cc3ccccc3)Cc3ccc(C(C)C)cc3)c(=O)[nH]c2c1. The Hall–Kier alpha value is -4.10. The van der Waals surface area contributed by atoms with Crippen LogP contribution < -0.4 is 5.56 Å². The van der Waals surface area contributed by atoms with Crippen LogP contribution in [0.4, 0.5) is 0 Å². The zero-order chi connectivity index (χ0) is 28.4. The average molecular weight is 535 g/mol. The molecule has 0 spiro atoms. The summed E-state index contributed by atoms with van der Waals surface area (Å²) in [6, 6.07) is 26.7. The first-order valence-electron chi connectivity index (χ1n) is 13.9. The van der Waals surface area contributed by atoms with Gasteiger partial charge in [-0.2, -0.15) is 0 Å². The molecule has 0 bridgehead atoms. The Bertz CT molecular complexity index is 1650. The van der Waals surface area contributed by atoms with Crippen molar-refractivity contribution in [3.05, 3.63) is 123 Å². The van der Waals surface area contributed by atoms with Gasteiger partial charge in [-0.3, -0.25) is 9.69 Å². The van der Waals surface area contributed by atoms with Gasteiger partial charge in [0.05, 0.1) is 5.54 Å². The lowest BCUT2D eigenvalue weighted by Gasteiger charge is -2.33. The van der Waals surface area contributed by atoms with E-state index >= 15 is 0 Å². The van der Waals surface area contributed by atoms with E-state index in [0.29, 0.717) is 30.4 Å². The lowest BCUT2D eigenvalue weighted by Crippen LogP contribution is -2.37. The van der Waals surface area contributed by atoms with Crippen molar-refractivity contribution in [1.29, 1.82) is 0 Å². The minimum absolute atomic E-state index is 0.139. The van der Waals surface area contributed by atoms with E-state index in [1.54, 1.807) is 0 Å². The molecular weight excluding hydrogens is 496 g/mol. The van der Waals surface area contributed by atoms with Gasteiger partial charge in [-0.25, -0.2) is 4.68 Å². The molecule has 0 saturated carbocycles. The highest BCUT2D eigenvalue weighted by molar-refractivity contribution is 5.79. The Morgan fingerprint density at radius 3 is 2.23 bits per heavy atom. The summed E-state index contributed by atoms with van der Waals surface area (Å²) in [5, 5.41) is 14.0. The third-order valence-corrected chi connectivity index (χ3v) is 7.32. The average Bonchev–Trinajstić information content (AvgIpc) is 3.40. The molecule has 0 fully saturated rings. The normalized spacial score (nSPS) is 12.9. The van der Waals surface area contributed by atoms with E-state index < -0.39 is 6.04 Å². The van der Waals surface area contributed by atoms with Gasteiger partial charge in [0.1, 0.15) is 6.04 Å². The van der Waals surface area contributed by atoms with Gasteiger partial charge in [-0.15, -0.1) is 5.10 Å². The molecule has 0 aliphatic rings. The standard InChI is InChI=1S/C33H38N6O/c1-22(2)26-16-13-25(14-17-26)21-38(20-24-10-8-7-9-11-24)30(31-35-36-37-39(31)33(4,5)6)28-19-27-15-12-23(3)18-29(27)34-32(28)40/h7-19,22,30H,20-21H2,1-6H3,(H,34,40). The number of aryl methyl sites for hydroxylation is 1. The fourth-order valence-corrected chi connectivity index (χ4v) is 5.18. The molecule has 0 amide bonds. The maximum atomic E-state index is 13.8. The first-order valence-corrected chi connectivity index (χ1v) is 13.9. The Morgan fingerprint density at radius 1 is 0.900 bits per heavy atom. The van der Waals surface area contributed by atoms with E-state index in [2.05, 4.69) is 109 Å². The van der Waals surface area contributed by atoms with E-state index in [1.807, 2.05) is 41.9 Å². The van der Waals surface area contributed by atoms with Crippen LogP contribution in [0.3, 0.4) is 0 Å². The molecule has 40 heavy (non-hydrogen) atoms. The van der Waals surface area contributed by atoms with Gasteiger partial charge in [0, 0.05) is 24.2 Å². The van der Waals surface area contributed by atoms with Crippen LogP contribution in [-0.2, 0) is 18.6 Å². The van der Waals surface area contributed by atoms with Crippen molar-refractivity contribution in [2.75, 3.05) is 0 Å². The minimum atomic E-state index is -0.492. The number of fused-ring (bicyclic) bond motifs is 1. The highest BCUT2D eigenvalue weighted by Gasteiger charge is 2.33. The molecule has 1 atom stereocenters. The first-order chi connectivity index (χ1) is 19.1. The van der Waals surface area contributed by atoms with Crippen molar-refractivity contribution in [1.82, 2.24) is 30.1 Å². The number of nitrogens with zero attached hydrogens (tertiary/aromatic N) is 5. The Kier molecular flexibility index (Phi) is 7.68. The lowest BCUT2D eigenvalue weighted by atomic mass is 9.98. The van der Waals surface area contributed by atoms with Crippen LogP contribution in [0.15, 0.2) is 83.7 Å². The van der Waals surface area contributed by atoms with Crippen LogP contribution in [0.5, 0.6) is 0 Å². The number of aromatic amines is 1. The second-order valence-electron chi connectivity index (χ2n) is 12.0. The molecule has 1 unspecified atom stereocenters. The Labute approximate surface area is 235 Å². The number of nitrogens with one attached hydrogen (secondary N) is 1. The highest BCUT2D eigenvalue weighted by atomic mass is 16.1. The van der Waals surface area contributed by atoms with Crippen LogP contribution in [0.2, 0.25) is 0 Å². The number of pyridine rings is 1. The second kappa shape index (κ2) is 11.2. The molecule has 5 rings (SSSR count). The van der Waals surface area contributed by atoms with Crippen LogP contribution in [0.25, 0.3) is 10.9 Å². The summed E-state index contributed by atoms with van der Waals surface area (Å²) in [6.45, 7) is 13.9. The van der Waals surface area contributed by atoms with Crippen LogP contribution in [0, 0.1) is 6.92 Å². The fraction of sp³-hybridized carbons (Fsp3) is 0.333. The third kappa shape index (κ3) is 5.89. The van der Waals surface area contributed by atoms with Gasteiger partial charge >= 0.3 is 0 Å². The predicted molar refractivity (Wildman–Crippen MR) is 160 cm³/mol. The molecule has 5 aromatic rings. The zero-order valence-electron chi connectivity index (χ0n) is 24.2. The molecule has 2 aromatic heterocycles. The molecular formula is C33H38N6O. The maximum Gasteiger partial charge on any atom is 0.253 e. The number of H-pyrrole nitrogens is 1. The third-order valence-electron chi connectivity index (χ3n) is 7.32. The molecule has 1 N–H and O–H groups in total. The van der Waals surface area contributed by atoms with Crippen molar-refractivity contribution in [2.24, 2.45) is 0 Å². The van der Waals surface area contributed by atoms with Crippen molar-refractivity contribution in [3.63, 3.8) is 0 Å².